The van der Waals surface area contributed by atoms with E-state index in [1.807, 2.05) is 15.5 Å². The van der Waals surface area contributed by atoms with Crippen LogP contribution in [-0.2, 0) is 20.9 Å². The lowest BCUT2D eigenvalue weighted by Gasteiger charge is -2.44. The number of hydrogen-bond donors (Lipinski definition) is 4. The molecule has 1 amide bonds. The lowest BCUT2D eigenvalue weighted by atomic mass is 9.82. The first kappa shape index (κ1) is 22.9. The van der Waals surface area contributed by atoms with Gasteiger partial charge in [-0.15, -0.1) is 0 Å². The van der Waals surface area contributed by atoms with Gasteiger partial charge in [0.25, 0.3) is 5.56 Å². The van der Waals surface area contributed by atoms with Gasteiger partial charge in [-0.1, -0.05) is 12.1 Å². The molecule has 3 atom stereocenters. The zero-order valence-electron chi connectivity index (χ0n) is 18.9. The van der Waals surface area contributed by atoms with Gasteiger partial charge in [0.15, 0.2) is 0 Å². The van der Waals surface area contributed by atoms with Crippen molar-refractivity contribution in [3.63, 3.8) is 0 Å². The quantitative estimate of drug-likeness (QED) is 0.408. The van der Waals surface area contributed by atoms with Gasteiger partial charge in [-0.3, -0.25) is 24.1 Å². The number of benzene rings is 1. The molecule has 0 spiro atoms. The first-order valence-electron chi connectivity index (χ1n) is 11.6. The Morgan fingerprint density at radius 2 is 1.91 bits per heavy atom. The number of carboxylic acids is 2. The van der Waals surface area contributed by atoms with Gasteiger partial charge in [0.1, 0.15) is 6.04 Å². The Morgan fingerprint density at radius 1 is 1.09 bits per heavy atom. The smallest absolute Gasteiger partial charge is 0.325 e. The zero-order valence-corrected chi connectivity index (χ0v) is 18.9. The van der Waals surface area contributed by atoms with Crippen molar-refractivity contribution in [3.05, 3.63) is 64.2 Å². The lowest BCUT2D eigenvalue weighted by Crippen LogP contribution is -2.49. The van der Waals surface area contributed by atoms with Crippen molar-refractivity contribution in [3.8, 4) is 0 Å². The summed E-state index contributed by atoms with van der Waals surface area (Å²) in [6.07, 6.45) is 2.25. The molecule has 1 aromatic carbocycles. The standard InChI is InChI=1S/C25H26N4O6/c30-21(6-7-23(32)33)27-16-4-5-17-18(10-26-19(17)9-16)24(25(34)35)28-11-14-8-15(13-28)20-2-1-3-22(31)29(20)12-14/h1-5,9-10,14-15,24,26H,6-8,11-13H2,(H,27,30)(H,32,33)(H,34,35). The Morgan fingerprint density at radius 3 is 2.69 bits per heavy atom. The summed E-state index contributed by atoms with van der Waals surface area (Å²) in [7, 11) is 0. The largest absolute Gasteiger partial charge is 0.481 e. The minimum absolute atomic E-state index is 0.0112. The molecule has 10 heteroatoms. The molecule has 1 fully saturated rings. The molecule has 182 valence electrons. The van der Waals surface area contributed by atoms with Crippen LogP contribution in [0, 0.1) is 5.92 Å². The molecule has 0 aliphatic carbocycles. The van der Waals surface area contributed by atoms with Crippen LogP contribution in [0.3, 0.4) is 0 Å². The SMILES string of the molecule is O=C(O)CCC(=O)Nc1ccc2c(C(C(=O)O)N3CC4CC(C3)c3cccc(=O)n3C4)c[nH]c2c1. The minimum Gasteiger partial charge on any atom is -0.481 e. The van der Waals surface area contributed by atoms with Gasteiger partial charge in [0, 0.05) is 72.1 Å². The number of aliphatic carboxylic acids is 2. The van der Waals surface area contributed by atoms with E-state index in [2.05, 4.69) is 10.3 Å². The number of rotatable bonds is 7. The summed E-state index contributed by atoms with van der Waals surface area (Å²) in [4.78, 5) is 52.6. The minimum atomic E-state index is -1.04. The maximum Gasteiger partial charge on any atom is 0.325 e. The zero-order chi connectivity index (χ0) is 24.7. The lowest BCUT2D eigenvalue weighted by molar-refractivity contribution is -0.145. The number of carboxylic acid groups (broad SMARTS) is 2. The van der Waals surface area contributed by atoms with Gasteiger partial charge in [-0.25, -0.2) is 0 Å². The predicted octanol–water partition coefficient (Wildman–Crippen LogP) is 2.38. The molecule has 35 heavy (non-hydrogen) atoms. The molecular weight excluding hydrogens is 452 g/mol. The number of fused-ring (bicyclic) bond motifs is 5. The molecule has 4 N–H and O–H groups in total. The van der Waals surface area contributed by atoms with Crippen molar-refractivity contribution in [2.45, 2.75) is 37.8 Å². The number of hydrogen-bond acceptors (Lipinski definition) is 5. The van der Waals surface area contributed by atoms with E-state index in [0.29, 0.717) is 36.4 Å². The number of carbonyl (C=O) groups excluding carboxylic acids is 1. The van der Waals surface area contributed by atoms with Gasteiger partial charge in [-0.2, -0.15) is 0 Å². The number of piperidine rings is 1. The fourth-order valence-electron chi connectivity index (χ4n) is 5.53. The van der Waals surface area contributed by atoms with Crippen LogP contribution in [0.1, 0.15) is 42.5 Å². The summed E-state index contributed by atoms with van der Waals surface area (Å²) in [5, 5.41) is 22.4. The van der Waals surface area contributed by atoms with E-state index in [9.17, 15) is 24.3 Å². The highest BCUT2D eigenvalue weighted by Gasteiger charge is 2.40. The Hall–Kier alpha value is -3.92. The first-order chi connectivity index (χ1) is 16.8. The number of pyridine rings is 1. The third kappa shape index (κ3) is 4.44. The number of H-pyrrole nitrogens is 1. The molecule has 3 aromatic rings. The van der Waals surface area contributed by atoms with Gasteiger partial charge in [-0.05, 0) is 30.5 Å². The number of nitrogens with one attached hydrogen (secondary N) is 2. The van der Waals surface area contributed by atoms with E-state index >= 15 is 0 Å². The topological polar surface area (TPSA) is 145 Å². The number of carbonyl (C=O) groups is 3. The van der Waals surface area contributed by atoms with Crippen molar-refractivity contribution < 1.29 is 24.6 Å². The molecule has 2 aliphatic heterocycles. The van der Waals surface area contributed by atoms with E-state index in [0.717, 1.165) is 17.5 Å². The van der Waals surface area contributed by atoms with E-state index in [1.54, 1.807) is 36.5 Å². The number of anilines is 1. The van der Waals surface area contributed by atoms with Gasteiger partial charge in [0.05, 0.1) is 6.42 Å². The molecule has 2 aliphatic rings. The van der Waals surface area contributed by atoms with Crippen LogP contribution in [0.25, 0.3) is 10.9 Å². The number of aromatic nitrogens is 2. The van der Waals surface area contributed by atoms with E-state index in [-0.39, 0.29) is 30.2 Å². The van der Waals surface area contributed by atoms with Crippen LogP contribution in [0.4, 0.5) is 5.69 Å². The highest BCUT2D eigenvalue weighted by atomic mass is 16.4. The van der Waals surface area contributed by atoms with Crippen LogP contribution >= 0.6 is 0 Å². The molecule has 3 unspecified atom stereocenters. The first-order valence-corrected chi connectivity index (χ1v) is 11.6. The van der Waals surface area contributed by atoms with Gasteiger partial charge >= 0.3 is 11.9 Å². The summed E-state index contributed by atoms with van der Waals surface area (Å²) in [6, 6.07) is 9.60. The van der Waals surface area contributed by atoms with Crippen LogP contribution in [-0.4, -0.2) is 55.6 Å². The highest BCUT2D eigenvalue weighted by molar-refractivity contribution is 5.96. The molecule has 4 heterocycles. The van der Waals surface area contributed by atoms with Crippen molar-refractivity contribution >= 4 is 34.4 Å². The van der Waals surface area contributed by atoms with Crippen LogP contribution < -0.4 is 10.9 Å². The Balaban J connectivity index is 1.40. The number of aromatic amines is 1. The summed E-state index contributed by atoms with van der Waals surface area (Å²) < 4.78 is 1.82. The van der Waals surface area contributed by atoms with Crippen molar-refractivity contribution in [2.75, 3.05) is 18.4 Å². The maximum absolute atomic E-state index is 12.5. The van der Waals surface area contributed by atoms with Crippen molar-refractivity contribution in [1.82, 2.24) is 14.5 Å². The molecule has 10 nitrogen and oxygen atoms in total. The van der Waals surface area contributed by atoms with E-state index in [1.165, 1.54) is 0 Å². The van der Waals surface area contributed by atoms with Crippen LogP contribution in [0.15, 0.2) is 47.4 Å². The maximum atomic E-state index is 12.5. The second-order valence-corrected chi connectivity index (χ2v) is 9.34. The molecular formula is C25H26N4O6. The summed E-state index contributed by atoms with van der Waals surface area (Å²) >= 11 is 0. The average molecular weight is 479 g/mol. The van der Waals surface area contributed by atoms with Gasteiger partial charge < -0.3 is 25.1 Å². The van der Waals surface area contributed by atoms with E-state index < -0.39 is 23.9 Å². The number of likely N-dealkylation sites (tertiary alicyclic amines) is 1. The fourth-order valence-corrected chi connectivity index (χ4v) is 5.53. The summed E-state index contributed by atoms with van der Waals surface area (Å²) in [6.45, 7) is 1.72. The predicted molar refractivity (Wildman–Crippen MR) is 127 cm³/mol. The molecule has 0 radical (unpaired) electrons. The van der Waals surface area contributed by atoms with Crippen LogP contribution in [0.5, 0.6) is 0 Å². The summed E-state index contributed by atoms with van der Waals surface area (Å²) in [5.41, 5.74) is 2.77. The average Bonchev–Trinajstić information content (AvgIpc) is 3.21. The summed E-state index contributed by atoms with van der Waals surface area (Å²) in [5.74, 6) is -2.10. The molecule has 5 rings (SSSR count). The molecule has 2 aromatic heterocycles. The van der Waals surface area contributed by atoms with Crippen molar-refractivity contribution in [2.24, 2.45) is 5.92 Å². The monoisotopic (exact) mass is 478 g/mol. The Labute approximate surface area is 200 Å². The Kier molecular flexibility index (Phi) is 5.89. The fraction of sp³-hybridized carbons (Fsp3) is 0.360. The second kappa shape index (κ2) is 9.03. The van der Waals surface area contributed by atoms with Gasteiger partial charge in [0.2, 0.25) is 5.91 Å². The van der Waals surface area contributed by atoms with Crippen molar-refractivity contribution in [1.29, 1.82) is 0 Å². The number of amides is 1. The van der Waals surface area contributed by atoms with E-state index in [4.69, 9.17) is 5.11 Å². The van der Waals surface area contributed by atoms with Crippen LogP contribution in [0.2, 0.25) is 0 Å². The number of nitrogens with zero attached hydrogens (tertiary/aromatic N) is 2. The molecule has 2 bridgehead atoms. The molecule has 0 saturated carbocycles. The third-order valence-electron chi connectivity index (χ3n) is 6.97. The second-order valence-electron chi connectivity index (χ2n) is 9.34. The molecule has 1 saturated heterocycles. The Bertz CT molecular complexity index is 1380. The normalized spacial score (nSPS) is 20.2. The third-order valence-corrected chi connectivity index (χ3v) is 6.97. The highest BCUT2D eigenvalue weighted by Crippen LogP contribution is 2.39.